The van der Waals surface area contributed by atoms with E-state index >= 15 is 0 Å². The molecule has 66 valence electrons. The van der Waals surface area contributed by atoms with Crippen molar-refractivity contribution in [2.24, 2.45) is 5.73 Å². The Morgan fingerprint density at radius 3 is 2.36 bits per heavy atom. The molecular weight excluding hydrogens is 146 g/mol. The van der Waals surface area contributed by atoms with Crippen molar-refractivity contribution in [1.82, 2.24) is 10.2 Å². The third kappa shape index (κ3) is 3.79. The van der Waals surface area contributed by atoms with Crippen molar-refractivity contribution >= 4 is 6.03 Å². The van der Waals surface area contributed by atoms with E-state index in [0.29, 0.717) is 13.1 Å². The Kier molecular flexibility index (Phi) is 4.56. The lowest BCUT2D eigenvalue weighted by atomic mass is 10.5. The molecule has 0 saturated heterocycles. The number of amides is 2. The summed E-state index contributed by atoms with van der Waals surface area (Å²) in [6.07, 6.45) is -1.27. The number of carbonyl (C=O) groups is 1. The van der Waals surface area contributed by atoms with Crippen LogP contribution in [-0.4, -0.2) is 35.5 Å². The molecule has 0 saturated carbocycles. The Hall–Kier alpha value is -0.810. The first-order valence-electron chi connectivity index (χ1n) is 3.60. The van der Waals surface area contributed by atoms with E-state index in [4.69, 9.17) is 10.8 Å². The summed E-state index contributed by atoms with van der Waals surface area (Å²) >= 11 is 0. The molecule has 0 bridgehead atoms. The van der Waals surface area contributed by atoms with Gasteiger partial charge in [-0.05, 0) is 13.8 Å². The molecule has 0 aromatic heterocycles. The van der Waals surface area contributed by atoms with Crippen molar-refractivity contribution in [3.63, 3.8) is 0 Å². The van der Waals surface area contributed by atoms with E-state index in [1.54, 1.807) is 0 Å². The minimum absolute atomic E-state index is 0.343. The average Bonchev–Trinajstić information content (AvgIpc) is 1.88. The number of aliphatic hydroxyl groups is 1. The van der Waals surface area contributed by atoms with Gasteiger partial charge in [-0.25, -0.2) is 4.79 Å². The second-order valence-corrected chi connectivity index (χ2v) is 2.07. The zero-order valence-corrected chi connectivity index (χ0v) is 6.87. The molecule has 11 heavy (non-hydrogen) atoms. The molecule has 1 atom stereocenters. The lowest BCUT2D eigenvalue weighted by Crippen LogP contribution is -2.48. The average molecular weight is 161 g/mol. The van der Waals surface area contributed by atoms with Crippen LogP contribution in [-0.2, 0) is 0 Å². The molecule has 2 amide bonds. The van der Waals surface area contributed by atoms with Crippen LogP contribution in [0.25, 0.3) is 0 Å². The first-order valence-corrected chi connectivity index (χ1v) is 3.60. The summed E-state index contributed by atoms with van der Waals surface area (Å²) in [6.45, 7) is 4.92. The molecule has 0 fully saturated rings. The highest BCUT2D eigenvalue weighted by Crippen LogP contribution is 1.87. The number of urea groups is 1. The van der Waals surface area contributed by atoms with E-state index in [1.807, 2.05) is 13.8 Å². The number of nitrogens with zero attached hydrogens (tertiary/aromatic N) is 1. The first kappa shape index (κ1) is 10.2. The summed E-state index contributed by atoms with van der Waals surface area (Å²) in [4.78, 5) is 12.5. The number of nitrogens with two attached hydrogens (primary N) is 1. The molecular formula is C6H15N3O2. The van der Waals surface area contributed by atoms with Gasteiger partial charge in [-0.15, -0.1) is 0 Å². The maximum atomic E-state index is 11.0. The van der Waals surface area contributed by atoms with E-state index in [1.165, 1.54) is 4.90 Å². The number of aliphatic hydroxyl groups excluding tert-OH is 1. The number of rotatable bonds is 3. The maximum Gasteiger partial charge on any atom is 0.320 e. The van der Waals surface area contributed by atoms with Crippen molar-refractivity contribution in [2.45, 2.75) is 20.2 Å². The normalized spacial score (nSPS) is 12.4. The SMILES string of the molecule is CCN(CC)C(=O)NC(N)O. The summed E-state index contributed by atoms with van der Waals surface area (Å²) < 4.78 is 0. The van der Waals surface area contributed by atoms with Gasteiger partial charge in [0.2, 0.25) is 0 Å². The molecule has 0 aliphatic carbocycles. The van der Waals surface area contributed by atoms with Crippen LogP contribution >= 0.6 is 0 Å². The van der Waals surface area contributed by atoms with E-state index in [9.17, 15) is 4.79 Å². The quantitative estimate of drug-likeness (QED) is 0.478. The number of carbonyl (C=O) groups excluding carboxylic acids is 1. The van der Waals surface area contributed by atoms with E-state index < -0.39 is 6.35 Å². The van der Waals surface area contributed by atoms with Gasteiger partial charge in [0.05, 0.1) is 0 Å². The van der Waals surface area contributed by atoms with Crippen molar-refractivity contribution < 1.29 is 9.90 Å². The van der Waals surface area contributed by atoms with E-state index in [-0.39, 0.29) is 6.03 Å². The van der Waals surface area contributed by atoms with Crippen LogP contribution in [0.5, 0.6) is 0 Å². The number of hydrogen-bond donors (Lipinski definition) is 3. The van der Waals surface area contributed by atoms with E-state index in [0.717, 1.165) is 0 Å². The summed E-state index contributed by atoms with van der Waals surface area (Å²) in [6, 6.07) is -0.343. The van der Waals surface area contributed by atoms with Gasteiger partial charge >= 0.3 is 6.03 Å². The van der Waals surface area contributed by atoms with Crippen molar-refractivity contribution in [2.75, 3.05) is 13.1 Å². The van der Waals surface area contributed by atoms with Gasteiger partial charge in [-0.1, -0.05) is 0 Å². The zero-order valence-electron chi connectivity index (χ0n) is 6.87. The minimum atomic E-state index is -1.27. The highest BCUT2D eigenvalue weighted by atomic mass is 16.3. The monoisotopic (exact) mass is 161 g/mol. The molecule has 0 aromatic rings. The van der Waals surface area contributed by atoms with Crippen LogP contribution in [0.2, 0.25) is 0 Å². The van der Waals surface area contributed by atoms with Gasteiger partial charge in [0.15, 0.2) is 6.35 Å². The summed E-state index contributed by atoms with van der Waals surface area (Å²) in [5.41, 5.74) is 4.94. The molecule has 0 radical (unpaired) electrons. The highest BCUT2D eigenvalue weighted by Gasteiger charge is 2.09. The molecule has 0 spiro atoms. The topological polar surface area (TPSA) is 78.6 Å². The molecule has 0 heterocycles. The van der Waals surface area contributed by atoms with Gasteiger partial charge in [0.1, 0.15) is 0 Å². The maximum absolute atomic E-state index is 11.0. The summed E-state index contributed by atoms with van der Waals surface area (Å²) in [7, 11) is 0. The second kappa shape index (κ2) is 4.92. The lowest BCUT2D eigenvalue weighted by Gasteiger charge is -2.19. The Bertz CT molecular complexity index is 123. The van der Waals surface area contributed by atoms with Crippen molar-refractivity contribution in [3.8, 4) is 0 Å². The Morgan fingerprint density at radius 2 is 2.09 bits per heavy atom. The van der Waals surface area contributed by atoms with Crippen LogP contribution in [0.1, 0.15) is 13.8 Å². The van der Waals surface area contributed by atoms with Gasteiger partial charge in [-0.2, -0.15) is 0 Å². The minimum Gasteiger partial charge on any atom is -0.361 e. The summed E-state index contributed by atoms with van der Waals surface area (Å²) in [5.74, 6) is 0. The van der Waals surface area contributed by atoms with Crippen LogP contribution in [0.15, 0.2) is 0 Å². The van der Waals surface area contributed by atoms with Gasteiger partial charge in [0.25, 0.3) is 0 Å². The molecule has 1 unspecified atom stereocenters. The highest BCUT2D eigenvalue weighted by molar-refractivity contribution is 5.74. The van der Waals surface area contributed by atoms with Crippen LogP contribution in [0.4, 0.5) is 4.79 Å². The van der Waals surface area contributed by atoms with Crippen LogP contribution in [0.3, 0.4) is 0 Å². The smallest absolute Gasteiger partial charge is 0.320 e. The number of hydrogen-bond acceptors (Lipinski definition) is 3. The largest absolute Gasteiger partial charge is 0.361 e. The predicted molar refractivity (Wildman–Crippen MR) is 41.6 cm³/mol. The molecule has 0 rings (SSSR count). The van der Waals surface area contributed by atoms with Crippen LogP contribution < -0.4 is 11.1 Å². The fraction of sp³-hybridized carbons (Fsp3) is 0.833. The van der Waals surface area contributed by atoms with Gasteiger partial charge in [0, 0.05) is 13.1 Å². The lowest BCUT2D eigenvalue weighted by molar-refractivity contribution is 0.132. The molecule has 0 aliphatic heterocycles. The Morgan fingerprint density at radius 1 is 1.64 bits per heavy atom. The molecule has 5 nitrogen and oxygen atoms in total. The van der Waals surface area contributed by atoms with Crippen molar-refractivity contribution in [1.29, 1.82) is 0 Å². The van der Waals surface area contributed by atoms with Gasteiger partial charge < -0.3 is 10.0 Å². The molecule has 0 aromatic carbocycles. The standard InChI is InChI=1S/C6H15N3O2/c1-3-9(4-2)6(11)8-5(7)10/h5,10H,3-4,7H2,1-2H3,(H,8,11). The fourth-order valence-electron chi connectivity index (χ4n) is 0.729. The zero-order chi connectivity index (χ0) is 8.85. The third-order valence-electron chi connectivity index (χ3n) is 1.32. The Labute approximate surface area is 66.2 Å². The Balaban J connectivity index is 3.79. The van der Waals surface area contributed by atoms with E-state index in [2.05, 4.69) is 5.32 Å². The molecule has 4 N–H and O–H groups in total. The van der Waals surface area contributed by atoms with Gasteiger partial charge in [-0.3, -0.25) is 11.1 Å². The first-order chi connectivity index (χ1) is 5.11. The second-order valence-electron chi connectivity index (χ2n) is 2.07. The van der Waals surface area contributed by atoms with Crippen LogP contribution in [0, 0.1) is 0 Å². The fourth-order valence-corrected chi connectivity index (χ4v) is 0.729. The molecule has 0 aliphatic rings. The molecule has 5 heteroatoms. The summed E-state index contributed by atoms with van der Waals surface area (Å²) in [5, 5.41) is 10.7. The third-order valence-corrected chi connectivity index (χ3v) is 1.32. The number of nitrogens with one attached hydrogen (secondary N) is 1. The van der Waals surface area contributed by atoms with Crippen molar-refractivity contribution in [3.05, 3.63) is 0 Å². The predicted octanol–water partition coefficient (Wildman–Crippen LogP) is -0.728.